The molecule has 0 aliphatic heterocycles. The SMILES string of the molecule is COc1ccc(Cl)cc1C(=O)NC1CCc2ccccc2C1. The van der Waals surface area contributed by atoms with E-state index in [1.54, 1.807) is 25.3 Å². The molecule has 0 saturated carbocycles. The minimum atomic E-state index is -0.135. The summed E-state index contributed by atoms with van der Waals surface area (Å²) in [6, 6.07) is 13.6. The van der Waals surface area contributed by atoms with E-state index in [2.05, 4.69) is 23.5 Å². The third-order valence-electron chi connectivity index (χ3n) is 4.09. The molecule has 1 unspecified atom stereocenters. The molecule has 1 atom stereocenters. The van der Waals surface area contributed by atoms with Gasteiger partial charge in [-0.25, -0.2) is 0 Å². The number of amides is 1. The fourth-order valence-corrected chi connectivity index (χ4v) is 3.11. The maximum Gasteiger partial charge on any atom is 0.255 e. The summed E-state index contributed by atoms with van der Waals surface area (Å²) < 4.78 is 5.25. The highest BCUT2D eigenvalue weighted by atomic mass is 35.5. The predicted molar refractivity (Wildman–Crippen MR) is 87.7 cm³/mol. The Labute approximate surface area is 135 Å². The molecule has 114 valence electrons. The van der Waals surface area contributed by atoms with Gasteiger partial charge in [0, 0.05) is 11.1 Å². The van der Waals surface area contributed by atoms with Crippen LogP contribution in [0.2, 0.25) is 5.02 Å². The van der Waals surface area contributed by atoms with E-state index in [1.165, 1.54) is 11.1 Å². The lowest BCUT2D eigenvalue weighted by Gasteiger charge is -2.25. The maximum absolute atomic E-state index is 12.5. The van der Waals surface area contributed by atoms with Gasteiger partial charge in [-0.05, 0) is 48.6 Å². The maximum atomic E-state index is 12.5. The second-order valence-electron chi connectivity index (χ2n) is 5.53. The van der Waals surface area contributed by atoms with Crippen LogP contribution in [0.25, 0.3) is 0 Å². The van der Waals surface area contributed by atoms with E-state index >= 15 is 0 Å². The van der Waals surface area contributed by atoms with E-state index in [1.807, 2.05) is 6.07 Å². The molecule has 2 aromatic carbocycles. The van der Waals surface area contributed by atoms with Crippen LogP contribution in [0.4, 0.5) is 0 Å². The fourth-order valence-electron chi connectivity index (χ4n) is 2.94. The third kappa shape index (κ3) is 3.09. The molecule has 0 aromatic heterocycles. The standard InChI is InChI=1S/C18H18ClNO2/c1-22-17-9-7-14(19)11-16(17)18(21)20-15-8-6-12-4-2-3-5-13(12)10-15/h2-5,7,9,11,15H,6,8,10H2,1H3,(H,20,21). The second kappa shape index (κ2) is 6.41. The van der Waals surface area contributed by atoms with Crippen LogP contribution in [-0.4, -0.2) is 19.1 Å². The van der Waals surface area contributed by atoms with E-state index in [0.29, 0.717) is 16.3 Å². The third-order valence-corrected chi connectivity index (χ3v) is 4.32. The van der Waals surface area contributed by atoms with Crippen molar-refractivity contribution in [3.63, 3.8) is 0 Å². The minimum absolute atomic E-state index is 0.135. The molecule has 0 spiro atoms. The number of carbonyl (C=O) groups is 1. The van der Waals surface area contributed by atoms with Gasteiger partial charge in [-0.15, -0.1) is 0 Å². The number of benzene rings is 2. The van der Waals surface area contributed by atoms with Crippen LogP contribution < -0.4 is 10.1 Å². The van der Waals surface area contributed by atoms with Crippen molar-refractivity contribution in [2.24, 2.45) is 0 Å². The van der Waals surface area contributed by atoms with Gasteiger partial charge < -0.3 is 10.1 Å². The Balaban J connectivity index is 1.74. The first kappa shape index (κ1) is 14.9. The highest BCUT2D eigenvalue weighted by Gasteiger charge is 2.22. The van der Waals surface area contributed by atoms with Gasteiger partial charge in [0.15, 0.2) is 0 Å². The van der Waals surface area contributed by atoms with Crippen molar-refractivity contribution >= 4 is 17.5 Å². The molecule has 3 nitrogen and oxygen atoms in total. The van der Waals surface area contributed by atoms with Gasteiger partial charge >= 0.3 is 0 Å². The quantitative estimate of drug-likeness (QED) is 0.939. The van der Waals surface area contributed by atoms with Crippen molar-refractivity contribution < 1.29 is 9.53 Å². The summed E-state index contributed by atoms with van der Waals surface area (Å²) in [5, 5.41) is 3.63. The van der Waals surface area contributed by atoms with Crippen LogP contribution in [-0.2, 0) is 12.8 Å². The molecule has 0 fully saturated rings. The number of hydrogen-bond acceptors (Lipinski definition) is 2. The van der Waals surface area contributed by atoms with Crippen molar-refractivity contribution in [3.8, 4) is 5.75 Å². The monoisotopic (exact) mass is 315 g/mol. The Morgan fingerprint density at radius 3 is 2.77 bits per heavy atom. The Bertz CT molecular complexity index is 699. The van der Waals surface area contributed by atoms with Crippen LogP contribution >= 0.6 is 11.6 Å². The predicted octanol–water partition coefficient (Wildman–Crippen LogP) is 3.64. The number of nitrogens with one attached hydrogen (secondary N) is 1. The van der Waals surface area contributed by atoms with Crippen LogP contribution in [0.15, 0.2) is 42.5 Å². The number of aryl methyl sites for hydroxylation is 1. The van der Waals surface area contributed by atoms with E-state index < -0.39 is 0 Å². The number of carbonyl (C=O) groups excluding carboxylic acids is 1. The van der Waals surface area contributed by atoms with Crippen molar-refractivity contribution in [2.75, 3.05) is 7.11 Å². The van der Waals surface area contributed by atoms with Gasteiger partial charge in [0.2, 0.25) is 0 Å². The summed E-state index contributed by atoms with van der Waals surface area (Å²) in [7, 11) is 1.55. The topological polar surface area (TPSA) is 38.3 Å². The highest BCUT2D eigenvalue weighted by Crippen LogP contribution is 2.24. The van der Waals surface area contributed by atoms with Gasteiger partial charge in [-0.2, -0.15) is 0 Å². The zero-order valence-corrected chi connectivity index (χ0v) is 13.2. The van der Waals surface area contributed by atoms with Crippen molar-refractivity contribution in [2.45, 2.75) is 25.3 Å². The summed E-state index contributed by atoms with van der Waals surface area (Å²) in [5.74, 6) is 0.404. The van der Waals surface area contributed by atoms with Crippen molar-refractivity contribution in [1.29, 1.82) is 0 Å². The summed E-state index contributed by atoms with van der Waals surface area (Å²) in [6.07, 6.45) is 2.81. The summed E-state index contributed by atoms with van der Waals surface area (Å²) in [5.41, 5.74) is 3.18. The van der Waals surface area contributed by atoms with Crippen LogP contribution in [0, 0.1) is 0 Å². The molecule has 0 radical (unpaired) electrons. The lowest BCUT2D eigenvalue weighted by molar-refractivity contribution is 0.0930. The molecular weight excluding hydrogens is 298 g/mol. The fraction of sp³-hybridized carbons (Fsp3) is 0.278. The van der Waals surface area contributed by atoms with E-state index in [9.17, 15) is 4.79 Å². The van der Waals surface area contributed by atoms with Crippen LogP contribution in [0.1, 0.15) is 27.9 Å². The van der Waals surface area contributed by atoms with Crippen molar-refractivity contribution in [1.82, 2.24) is 5.32 Å². The zero-order chi connectivity index (χ0) is 15.5. The number of ether oxygens (including phenoxy) is 1. The van der Waals surface area contributed by atoms with E-state index in [-0.39, 0.29) is 11.9 Å². The lowest BCUT2D eigenvalue weighted by atomic mass is 9.88. The molecule has 1 N–H and O–H groups in total. The largest absolute Gasteiger partial charge is 0.496 e. The van der Waals surface area contributed by atoms with E-state index in [0.717, 1.165) is 19.3 Å². The second-order valence-corrected chi connectivity index (χ2v) is 5.96. The van der Waals surface area contributed by atoms with Crippen molar-refractivity contribution in [3.05, 3.63) is 64.2 Å². The first-order chi connectivity index (χ1) is 10.7. The number of rotatable bonds is 3. The zero-order valence-electron chi connectivity index (χ0n) is 12.4. The summed E-state index contributed by atoms with van der Waals surface area (Å²) >= 11 is 5.99. The van der Waals surface area contributed by atoms with E-state index in [4.69, 9.17) is 16.3 Å². The minimum Gasteiger partial charge on any atom is -0.496 e. The molecule has 1 aliphatic rings. The Morgan fingerprint density at radius 2 is 2.00 bits per heavy atom. The Morgan fingerprint density at radius 1 is 1.23 bits per heavy atom. The lowest BCUT2D eigenvalue weighted by Crippen LogP contribution is -2.39. The molecule has 0 saturated heterocycles. The number of fused-ring (bicyclic) bond motifs is 1. The first-order valence-electron chi connectivity index (χ1n) is 7.38. The average molecular weight is 316 g/mol. The number of halogens is 1. The van der Waals surface area contributed by atoms with Gasteiger partial charge in [0.25, 0.3) is 5.91 Å². The number of methoxy groups -OCH3 is 1. The van der Waals surface area contributed by atoms with Gasteiger partial charge in [-0.3, -0.25) is 4.79 Å². The Kier molecular flexibility index (Phi) is 4.34. The molecule has 1 aliphatic carbocycles. The summed E-state index contributed by atoms with van der Waals surface area (Å²) in [6.45, 7) is 0. The van der Waals surface area contributed by atoms with Crippen LogP contribution in [0.5, 0.6) is 5.75 Å². The normalized spacial score (nSPS) is 16.7. The molecule has 3 rings (SSSR count). The molecule has 4 heteroatoms. The van der Waals surface area contributed by atoms with Gasteiger partial charge in [0.1, 0.15) is 5.75 Å². The van der Waals surface area contributed by atoms with Gasteiger partial charge in [-0.1, -0.05) is 35.9 Å². The molecule has 2 aromatic rings. The molecule has 0 bridgehead atoms. The van der Waals surface area contributed by atoms with Crippen LogP contribution in [0.3, 0.4) is 0 Å². The molecule has 1 amide bonds. The number of hydrogen-bond donors (Lipinski definition) is 1. The molecule has 0 heterocycles. The molecule has 22 heavy (non-hydrogen) atoms. The average Bonchev–Trinajstić information content (AvgIpc) is 2.54. The smallest absolute Gasteiger partial charge is 0.255 e. The molecular formula is C18H18ClNO2. The van der Waals surface area contributed by atoms with Gasteiger partial charge in [0.05, 0.1) is 12.7 Å². The Hall–Kier alpha value is -2.00. The highest BCUT2D eigenvalue weighted by molar-refractivity contribution is 6.31. The summed E-state index contributed by atoms with van der Waals surface area (Å²) in [4.78, 5) is 12.5. The first-order valence-corrected chi connectivity index (χ1v) is 7.76.